The molecule has 6 aromatic carbocycles. The number of halogens is 9. The molecule has 0 aliphatic carbocycles. The second kappa shape index (κ2) is 73.7. The predicted molar refractivity (Wildman–Crippen MR) is 466 cm³/mol. The summed E-state index contributed by atoms with van der Waals surface area (Å²) in [5.41, 5.74) is 22.6. The first kappa shape index (κ1) is 125. The van der Waals surface area contributed by atoms with Crippen LogP contribution < -0.4 is 136 Å². The van der Waals surface area contributed by atoms with Crippen LogP contribution in [0.1, 0.15) is 218 Å². The van der Waals surface area contributed by atoms with Gasteiger partial charge in [0.05, 0.1) is 5.60 Å². The summed E-state index contributed by atoms with van der Waals surface area (Å²) >= 11 is 9.98. The number of carbonyl (C=O) groups excluding carboxylic acids is 4. The summed E-state index contributed by atoms with van der Waals surface area (Å²) in [7, 11) is 0. The molecule has 0 fully saturated rings. The number of alkyl halides is 6. The minimum atomic E-state index is -4.84. The minimum Gasteiger partial charge on any atom is -1.00 e. The largest absolute Gasteiger partial charge is 1.00 e. The smallest absolute Gasteiger partial charge is 1.00 e. The van der Waals surface area contributed by atoms with Crippen molar-refractivity contribution in [3.05, 3.63) is 209 Å². The van der Waals surface area contributed by atoms with E-state index in [1.807, 2.05) is 161 Å². The Morgan fingerprint density at radius 2 is 0.773 bits per heavy atom. The Balaban J connectivity index is -0.000000248. The second-order valence-electron chi connectivity index (χ2n) is 26.3. The zero-order chi connectivity index (χ0) is 88.7. The quantitative estimate of drug-likeness (QED) is 0.00356. The summed E-state index contributed by atoms with van der Waals surface area (Å²) in [6.45, 7) is 18.7. The summed E-state index contributed by atoms with van der Waals surface area (Å²) in [6.07, 6.45) is 10.5. The molecule has 6 rings (SSSR count). The van der Waals surface area contributed by atoms with Crippen LogP contribution in [0.3, 0.4) is 0 Å². The van der Waals surface area contributed by atoms with Gasteiger partial charge in [-0.1, -0.05) is 225 Å². The molecular weight excluding hydrogens is 1790 g/mol. The number of aliphatic hydroxyl groups is 5. The molecule has 0 unspecified atom stereocenters. The van der Waals surface area contributed by atoms with Crippen molar-refractivity contribution in [3.8, 4) is 36.0 Å². The zero-order valence-electron chi connectivity index (χ0n) is 71.3. The van der Waals surface area contributed by atoms with Crippen molar-refractivity contribution in [1.82, 2.24) is 10.6 Å². The Morgan fingerprint density at radius 1 is 0.487 bits per heavy atom. The molecule has 0 saturated heterocycles. The number of aryl methyl sites for hydroxylation is 7. The summed E-state index contributed by atoms with van der Waals surface area (Å²) in [6, 6.07) is 47.2. The van der Waals surface area contributed by atoms with Gasteiger partial charge in [0.2, 0.25) is 5.91 Å². The number of rotatable bonds is 32. The van der Waals surface area contributed by atoms with Gasteiger partial charge in [0.25, 0.3) is 6.47 Å². The molecule has 18 nitrogen and oxygen atoms in total. The molecule has 0 aliphatic heterocycles. The van der Waals surface area contributed by atoms with E-state index in [4.69, 9.17) is 43.9 Å². The van der Waals surface area contributed by atoms with Crippen molar-refractivity contribution in [3.63, 3.8) is 0 Å². The average Bonchev–Trinajstić information content (AvgIpc) is 0.884. The number of terminal acetylenes is 1. The van der Waals surface area contributed by atoms with Gasteiger partial charge in [-0.25, -0.2) is 0 Å². The molecule has 6 aromatic rings. The number of amides is 3. The van der Waals surface area contributed by atoms with Crippen LogP contribution >= 0.6 is 47.8 Å². The Morgan fingerprint density at radius 3 is 1.04 bits per heavy atom. The molecule has 0 heterocycles. The maximum Gasteiger partial charge on any atom is 1.00 e. The number of nitrogens with two attached hydrogens (primary N) is 3. The summed E-state index contributed by atoms with van der Waals surface area (Å²) in [5, 5.41) is 67.8. The number of benzene rings is 6. The van der Waals surface area contributed by atoms with Gasteiger partial charge in [-0.05, 0) is 248 Å². The van der Waals surface area contributed by atoms with E-state index in [9.17, 15) is 65.9 Å². The number of primary amides is 1. The number of nitrogens with one attached hydrogen (secondary N) is 2. The molecule has 0 radical (unpaired) electrons. The Kier molecular flexibility index (Phi) is 77.4. The second-order valence-corrected chi connectivity index (χ2v) is 29.0. The monoisotopic (exact) mass is 1910 g/mol. The number of carbonyl (C=O) groups is 5. The molecule has 0 bridgehead atoms. The van der Waals surface area contributed by atoms with E-state index < -0.39 is 52.5 Å². The summed E-state index contributed by atoms with van der Waals surface area (Å²) in [4.78, 5) is 53.1. The minimum absolute atomic E-state index is 0. The van der Waals surface area contributed by atoms with E-state index in [0.29, 0.717) is 83.6 Å². The Labute approximate surface area is 815 Å². The third-order valence-electron chi connectivity index (χ3n) is 17.4. The van der Waals surface area contributed by atoms with Gasteiger partial charge in [-0.15, -0.1) is 6.42 Å². The van der Waals surface area contributed by atoms with E-state index in [1.165, 1.54) is 16.7 Å². The van der Waals surface area contributed by atoms with Crippen LogP contribution in [-0.4, -0.2) is 128 Å². The van der Waals surface area contributed by atoms with Gasteiger partial charge in [0.1, 0.15) is 16.8 Å². The normalized spacial score (nSPS) is 10.4. The van der Waals surface area contributed by atoms with Crippen LogP contribution in [0.4, 0.5) is 26.3 Å². The molecular formula is C90H126Br3F6K2N5O13. The molecule has 14 N–H and O–H groups in total. The number of hydrogen-bond acceptors (Lipinski definition) is 14. The van der Waals surface area contributed by atoms with Crippen LogP contribution in [0.15, 0.2) is 159 Å². The van der Waals surface area contributed by atoms with Gasteiger partial charge < -0.3 is 70.0 Å². The predicted octanol–water partition coefficient (Wildman–Crippen LogP) is 10.5. The van der Waals surface area contributed by atoms with E-state index in [0.717, 1.165) is 111 Å². The van der Waals surface area contributed by atoms with Crippen molar-refractivity contribution >= 4 is 78.0 Å². The molecule has 29 heteroatoms. The molecule has 0 aromatic heterocycles. The van der Waals surface area contributed by atoms with Crippen molar-refractivity contribution in [1.29, 1.82) is 0 Å². The Bertz CT molecular complexity index is 3840. The van der Waals surface area contributed by atoms with Gasteiger partial charge >= 0.3 is 133 Å². The van der Waals surface area contributed by atoms with Crippen molar-refractivity contribution < 1.29 is 195 Å². The number of aliphatic hydroxyl groups excluding tert-OH is 1. The third-order valence-corrected chi connectivity index (χ3v) is 18.9. The van der Waals surface area contributed by atoms with Crippen molar-refractivity contribution in [2.45, 2.75) is 246 Å². The number of hydrogen-bond donors (Lipinski definition) is 11. The fourth-order valence-electron chi connectivity index (χ4n) is 9.61. The molecule has 119 heavy (non-hydrogen) atoms. The zero-order valence-corrected chi connectivity index (χ0v) is 81.3. The molecule has 3 amide bonds. The van der Waals surface area contributed by atoms with E-state index in [2.05, 4.69) is 133 Å². The van der Waals surface area contributed by atoms with E-state index >= 15 is 0 Å². The van der Waals surface area contributed by atoms with Gasteiger partial charge in [0, 0.05) is 57.1 Å². The van der Waals surface area contributed by atoms with Crippen molar-refractivity contribution in [2.24, 2.45) is 17.2 Å². The van der Waals surface area contributed by atoms with Crippen LogP contribution in [-0.2, 0) is 73.8 Å². The first-order valence-electron chi connectivity index (χ1n) is 38.6. The van der Waals surface area contributed by atoms with E-state index in [-0.39, 0.29) is 150 Å². The molecule has 0 saturated carbocycles. The maximum atomic E-state index is 12.0. The first-order valence-corrected chi connectivity index (χ1v) is 41.0. The van der Waals surface area contributed by atoms with Crippen LogP contribution in [0, 0.1) is 36.0 Å². The van der Waals surface area contributed by atoms with Crippen molar-refractivity contribution in [2.75, 3.05) is 32.8 Å². The average molecular weight is 1920 g/mol. The number of carboxylic acid groups (broad SMARTS) is 1. The van der Waals surface area contributed by atoms with E-state index in [1.54, 1.807) is 6.92 Å². The fourth-order valence-corrected chi connectivity index (χ4v) is 11.0. The molecule has 0 aliphatic rings. The first-order chi connectivity index (χ1) is 54.7. The number of aliphatic carboxylic acids is 1. The van der Waals surface area contributed by atoms with Gasteiger partial charge in [0.15, 0.2) is 0 Å². The van der Waals surface area contributed by atoms with Gasteiger partial charge in [-0.2, -0.15) is 26.3 Å². The summed E-state index contributed by atoms with van der Waals surface area (Å²) < 4.78 is 74.6. The van der Waals surface area contributed by atoms with Crippen LogP contribution in [0.25, 0.3) is 0 Å². The molecule has 654 valence electrons. The maximum absolute atomic E-state index is 12.0. The van der Waals surface area contributed by atoms with Gasteiger partial charge in [-0.3, -0.25) is 24.0 Å². The standard InChI is InChI=1S/C18H22F3NO2.C16H27NO.C16H23NO.C11H11BrF3NO.C9H10BrNO.C9H9BrO2.C7H12O.C2H6O.CH2O3.CH4.2K.H/c1-3-17(24,4-2)11-10-15-8-5-7-14(13-15)9-6-12-22-16(23)18(19,20)21;2*1-3-16(18,4-2)11-10-15-8-5-7-14(13-15)9-6-12-17;12-9-5-1-3-8(7-9)4-2-6-16-10(17)11(13,14)15;2*10-8-3-1-2-7(6-8)4-5-9(11)12;1-4-7(8,5-2)6-3;1-2-3;2-1-4-3;;;;/h5,7-8,13,24H,3-4,6,9,12H2,1-2H3,(H,22,23);5,7-8,13,18H,3-4,6,9-12,17H2,1-2H3;5,7-8,13,18H,3-4,6,9,12,17H2,1-2H3;1,3,5,7H,2,4,6H2,(H,16,17);1-3,6H,4-5H2,(H2,11,12);1-3,6H,4-5H2,(H,11,12);1,8H,5-6H2,2-3H3;3H,2H2,1H3;1,3H;1H4;;;/q;;;;;;;;;;2*+1;-1/p-1. The SMILES string of the molecule is C.C#CC(O)(CC)CC.CCC(O)(C#Cc1cccc(CCCN)c1)CC.CCC(O)(C#Cc1cccc(CCCNC(=O)C(F)(F)F)c1)CC.CCC(O)(CC)CCc1cccc(CCCN)c1.CCO.NC(=O)CCc1cccc(Br)c1.O=C(NCCCc1cccc(Br)c1)C(F)(F)F.O=C(O)CCc1cccc(Br)c1.O=CO[O-].[H-].[K+].[K+]. The molecule has 0 spiro atoms. The number of carboxylic acids is 1. The fraction of sp³-hybridized carbons (Fsp3) is 0.478. The van der Waals surface area contributed by atoms with Crippen LogP contribution in [0.5, 0.6) is 0 Å². The van der Waals surface area contributed by atoms with Crippen LogP contribution in [0.2, 0.25) is 0 Å². The third kappa shape index (κ3) is 66.5. The molecule has 0 atom stereocenters. The Hall–Kier alpha value is -4.68. The summed E-state index contributed by atoms with van der Waals surface area (Å²) in [5.74, 6) is 9.37. The topological polar surface area (TPSA) is 341 Å².